The average molecular weight is 339 g/mol. The smallest absolute Gasteiger partial charge is 0.253 e. The van der Waals surface area contributed by atoms with E-state index in [9.17, 15) is 4.79 Å². The fourth-order valence-corrected chi connectivity index (χ4v) is 2.36. The van der Waals surface area contributed by atoms with Gasteiger partial charge in [-0.2, -0.15) is 0 Å². The summed E-state index contributed by atoms with van der Waals surface area (Å²) >= 11 is 0. The number of aryl methyl sites for hydroxylation is 1. The third-order valence-electron chi connectivity index (χ3n) is 4.04. The Morgan fingerprint density at radius 1 is 1.20 bits per heavy atom. The number of carbonyl (C=O) groups excluding carboxylic acids is 1. The minimum Gasteiger partial charge on any atom is -0.489 e. The molecule has 2 aromatic rings. The summed E-state index contributed by atoms with van der Waals surface area (Å²) in [4.78, 5) is 12.1. The fourth-order valence-electron chi connectivity index (χ4n) is 2.36. The summed E-state index contributed by atoms with van der Waals surface area (Å²) in [5.74, 6) is 0.461. The number of hydrogen-bond donors (Lipinski definition) is 1. The molecule has 2 rings (SSSR count). The van der Waals surface area contributed by atoms with Gasteiger partial charge in [-0.25, -0.2) is 0 Å². The Morgan fingerprint density at radius 3 is 2.56 bits per heavy atom. The highest BCUT2D eigenvalue weighted by Gasteiger charge is 2.14. The van der Waals surface area contributed by atoms with Crippen molar-refractivity contribution in [3.63, 3.8) is 0 Å². The van der Waals surface area contributed by atoms with E-state index >= 15 is 0 Å². The zero-order chi connectivity index (χ0) is 18.2. The fraction of sp³-hybridized carbons (Fsp3) is 0.286. The molecular weight excluding hydrogens is 314 g/mol. The summed E-state index contributed by atoms with van der Waals surface area (Å²) in [6.45, 7) is 8.13. The second-order valence-corrected chi connectivity index (χ2v) is 5.79. The minimum absolute atomic E-state index is 0.163. The molecule has 0 aliphatic carbocycles. The maximum absolute atomic E-state index is 12.1. The number of nitrogens with one attached hydrogen (secondary N) is 1. The first-order valence-electron chi connectivity index (χ1n) is 8.37. The Hall–Kier alpha value is -2.59. The second-order valence-electron chi connectivity index (χ2n) is 5.79. The maximum Gasteiger partial charge on any atom is 0.253 e. The van der Waals surface area contributed by atoms with E-state index in [2.05, 4.69) is 18.8 Å². The number of ether oxygens (including phenoxy) is 2. The highest BCUT2D eigenvalue weighted by molar-refractivity contribution is 5.94. The Morgan fingerprint density at radius 2 is 1.92 bits per heavy atom. The number of carbonyl (C=O) groups is 1. The topological polar surface area (TPSA) is 47.6 Å². The lowest BCUT2D eigenvalue weighted by atomic mass is 10.1. The molecule has 0 spiro atoms. The monoisotopic (exact) mass is 339 g/mol. The van der Waals surface area contributed by atoms with Crippen molar-refractivity contribution in [3.05, 3.63) is 71.8 Å². The SMILES string of the molecule is C=C(OCc1ccc(CC)c(NC(=O)C(C)OC)c1)c1ccccc1. The van der Waals surface area contributed by atoms with E-state index in [0.29, 0.717) is 12.4 Å². The van der Waals surface area contributed by atoms with Gasteiger partial charge in [-0.3, -0.25) is 4.79 Å². The van der Waals surface area contributed by atoms with Crippen LogP contribution in [-0.4, -0.2) is 19.1 Å². The van der Waals surface area contributed by atoms with Gasteiger partial charge < -0.3 is 14.8 Å². The lowest BCUT2D eigenvalue weighted by Gasteiger charge is -2.15. The number of rotatable bonds is 8. The van der Waals surface area contributed by atoms with Crippen molar-refractivity contribution >= 4 is 17.4 Å². The summed E-state index contributed by atoms with van der Waals surface area (Å²) in [7, 11) is 1.52. The van der Waals surface area contributed by atoms with Crippen LogP contribution in [0.3, 0.4) is 0 Å². The van der Waals surface area contributed by atoms with Crippen LogP contribution in [0.2, 0.25) is 0 Å². The average Bonchev–Trinajstić information content (AvgIpc) is 2.66. The number of anilines is 1. The third kappa shape index (κ3) is 5.19. The summed E-state index contributed by atoms with van der Waals surface area (Å²) in [6, 6.07) is 15.7. The van der Waals surface area contributed by atoms with E-state index < -0.39 is 6.10 Å². The molecule has 2 aromatic carbocycles. The molecule has 1 unspecified atom stereocenters. The first kappa shape index (κ1) is 18.7. The molecule has 4 nitrogen and oxygen atoms in total. The van der Waals surface area contributed by atoms with Gasteiger partial charge in [0.1, 0.15) is 18.5 Å². The van der Waals surface area contributed by atoms with Crippen molar-refractivity contribution in [1.82, 2.24) is 0 Å². The normalized spacial score (nSPS) is 11.6. The van der Waals surface area contributed by atoms with Crippen LogP contribution < -0.4 is 5.32 Å². The number of benzene rings is 2. The van der Waals surface area contributed by atoms with Crippen LogP contribution in [0, 0.1) is 0 Å². The van der Waals surface area contributed by atoms with Crippen LogP contribution in [0.1, 0.15) is 30.5 Å². The van der Waals surface area contributed by atoms with E-state index in [1.165, 1.54) is 7.11 Å². The Balaban J connectivity index is 2.07. The maximum atomic E-state index is 12.1. The molecule has 1 amide bonds. The standard InChI is InChI=1S/C21H25NO3/c1-5-18-12-11-17(13-20(18)22-21(23)16(3)24-4)14-25-15(2)19-9-7-6-8-10-19/h6-13,16H,2,5,14H2,1,3-4H3,(H,22,23). The lowest BCUT2D eigenvalue weighted by molar-refractivity contribution is -0.124. The molecule has 1 atom stereocenters. The summed E-state index contributed by atoms with van der Waals surface area (Å²) in [5, 5.41) is 2.93. The first-order chi connectivity index (χ1) is 12.0. The summed E-state index contributed by atoms with van der Waals surface area (Å²) in [5.41, 5.74) is 3.79. The lowest BCUT2D eigenvalue weighted by Crippen LogP contribution is -2.27. The largest absolute Gasteiger partial charge is 0.489 e. The second kappa shape index (κ2) is 9.04. The third-order valence-corrected chi connectivity index (χ3v) is 4.04. The minimum atomic E-state index is -0.498. The Bertz CT molecular complexity index is 725. The van der Waals surface area contributed by atoms with Crippen LogP contribution in [-0.2, 0) is 27.3 Å². The van der Waals surface area contributed by atoms with E-state index in [0.717, 1.165) is 28.8 Å². The van der Waals surface area contributed by atoms with E-state index in [1.807, 2.05) is 48.5 Å². The van der Waals surface area contributed by atoms with E-state index in [-0.39, 0.29) is 5.91 Å². The van der Waals surface area contributed by atoms with Gasteiger partial charge in [0.15, 0.2) is 0 Å². The molecule has 0 fully saturated rings. The Kier molecular flexibility index (Phi) is 6.78. The molecule has 0 aliphatic heterocycles. The van der Waals surface area contributed by atoms with Crippen LogP contribution in [0.25, 0.3) is 5.76 Å². The molecule has 0 aromatic heterocycles. The van der Waals surface area contributed by atoms with Gasteiger partial charge in [-0.05, 0) is 30.5 Å². The van der Waals surface area contributed by atoms with E-state index in [1.54, 1.807) is 6.92 Å². The zero-order valence-corrected chi connectivity index (χ0v) is 15.0. The van der Waals surface area contributed by atoms with Crippen LogP contribution in [0.15, 0.2) is 55.1 Å². The molecule has 1 N–H and O–H groups in total. The molecule has 0 saturated carbocycles. The van der Waals surface area contributed by atoms with Crippen molar-refractivity contribution in [1.29, 1.82) is 0 Å². The first-order valence-corrected chi connectivity index (χ1v) is 8.37. The van der Waals surface area contributed by atoms with Crippen LogP contribution >= 0.6 is 0 Å². The molecule has 0 bridgehead atoms. The summed E-state index contributed by atoms with van der Waals surface area (Å²) < 4.78 is 10.9. The van der Waals surface area contributed by atoms with Crippen molar-refractivity contribution in [2.45, 2.75) is 33.0 Å². The van der Waals surface area contributed by atoms with Crippen molar-refractivity contribution in [2.24, 2.45) is 0 Å². The van der Waals surface area contributed by atoms with Crippen molar-refractivity contribution in [2.75, 3.05) is 12.4 Å². The predicted octanol–water partition coefficient (Wildman–Crippen LogP) is 4.41. The van der Waals surface area contributed by atoms with Gasteiger partial charge in [0, 0.05) is 18.4 Å². The molecule has 0 aliphatic rings. The van der Waals surface area contributed by atoms with Crippen LogP contribution in [0.5, 0.6) is 0 Å². The summed E-state index contributed by atoms with van der Waals surface area (Å²) in [6.07, 6.45) is 0.330. The highest BCUT2D eigenvalue weighted by atomic mass is 16.5. The molecule has 0 radical (unpaired) electrons. The Labute approximate surface area is 149 Å². The van der Waals surface area contributed by atoms with E-state index in [4.69, 9.17) is 9.47 Å². The molecule has 132 valence electrons. The van der Waals surface area contributed by atoms with Gasteiger partial charge in [0.25, 0.3) is 5.91 Å². The van der Waals surface area contributed by atoms with Crippen molar-refractivity contribution in [3.8, 4) is 0 Å². The molecule has 0 saturated heterocycles. The van der Waals surface area contributed by atoms with Gasteiger partial charge in [-0.15, -0.1) is 0 Å². The number of hydrogen-bond acceptors (Lipinski definition) is 3. The van der Waals surface area contributed by atoms with Gasteiger partial charge in [0.2, 0.25) is 0 Å². The molecular formula is C21H25NO3. The van der Waals surface area contributed by atoms with Gasteiger partial charge in [0.05, 0.1) is 0 Å². The zero-order valence-electron chi connectivity index (χ0n) is 15.0. The number of amides is 1. The number of methoxy groups -OCH3 is 1. The van der Waals surface area contributed by atoms with Crippen LogP contribution in [0.4, 0.5) is 5.69 Å². The van der Waals surface area contributed by atoms with Crippen molar-refractivity contribution < 1.29 is 14.3 Å². The molecule has 0 heterocycles. The highest BCUT2D eigenvalue weighted by Crippen LogP contribution is 2.22. The quantitative estimate of drug-likeness (QED) is 0.725. The molecule has 25 heavy (non-hydrogen) atoms. The predicted molar refractivity (Wildman–Crippen MR) is 101 cm³/mol. The van der Waals surface area contributed by atoms with Gasteiger partial charge >= 0.3 is 0 Å². The molecule has 4 heteroatoms. The van der Waals surface area contributed by atoms with Gasteiger partial charge in [-0.1, -0.05) is 56.0 Å².